The zero-order chi connectivity index (χ0) is 39.5. The number of carbonyl (C=O) groups excluding carboxylic acids is 2. The number of fused-ring (bicyclic) bond motifs is 1. The fourth-order valence-electron chi connectivity index (χ4n) is 7.84. The van der Waals surface area contributed by atoms with Gasteiger partial charge in [0, 0.05) is 43.6 Å². The summed E-state index contributed by atoms with van der Waals surface area (Å²) in [6.07, 6.45) is 0.463. The van der Waals surface area contributed by atoms with Gasteiger partial charge in [-0.2, -0.15) is 9.97 Å². The lowest BCUT2D eigenvalue weighted by atomic mass is 9.91. The Morgan fingerprint density at radius 3 is 2.28 bits per heavy atom. The first-order chi connectivity index (χ1) is 27.8. The summed E-state index contributed by atoms with van der Waals surface area (Å²) in [5.41, 5.74) is 5.13. The van der Waals surface area contributed by atoms with Crippen molar-refractivity contribution in [1.29, 1.82) is 0 Å². The second-order valence-corrected chi connectivity index (χ2v) is 14.6. The minimum Gasteiger partial charge on any atom is -0.388 e. The molecule has 4 heterocycles. The fourth-order valence-corrected chi connectivity index (χ4v) is 7.84. The molecular weight excluding hydrogens is 725 g/mol. The molecule has 6 N–H and O–H groups in total. The number of amides is 3. The van der Waals surface area contributed by atoms with Crippen LogP contribution in [0, 0.1) is 6.92 Å². The molecule has 0 radical (unpaired) electrons. The minimum atomic E-state index is -1.17. The van der Waals surface area contributed by atoms with Crippen LogP contribution in [0.25, 0.3) is 22.5 Å². The highest BCUT2D eigenvalue weighted by Gasteiger charge is 2.44. The summed E-state index contributed by atoms with van der Waals surface area (Å²) in [5.74, 6) is 1.21. The molecule has 8 rings (SSSR count). The topological polar surface area (TPSA) is 196 Å². The van der Waals surface area contributed by atoms with Gasteiger partial charge in [0.15, 0.2) is 22.7 Å². The lowest BCUT2D eigenvalue weighted by Crippen LogP contribution is -2.42. The van der Waals surface area contributed by atoms with Crippen molar-refractivity contribution in [1.82, 2.24) is 35.3 Å². The van der Waals surface area contributed by atoms with E-state index in [4.69, 9.17) is 19.5 Å². The predicted octanol–water partition coefficient (Wildman–Crippen LogP) is 5.00. The zero-order valence-corrected chi connectivity index (χ0v) is 31.7. The normalized spacial score (nSPS) is 20.6. The maximum absolute atomic E-state index is 13.4. The first-order valence-corrected chi connectivity index (χ1v) is 19.3. The van der Waals surface area contributed by atoms with Gasteiger partial charge in [0.2, 0.25) is 11.9 Å². The predicted molar refractivity (Wildman–Crippen MR) is 216 cm³/mol. The van der Waals surface area contributed by atoms with E-state index in [9.17, 15) is 19.8 Å². The maximum Gasteiger partial charge on any atom is 0.319 e. The lowest BCUT2D eigenvalue weighted by molar-refractivity contribution is -0.122. The van der Waals surface area contributed by atoms with Crippen LogP contribution in [0.1, 0.15) is 55.0 Å². The molecule has 3 aromatic heterocycles. The van der Waals surface area contributed by atoms with Crippen LogP contribution < -0.4 is 26.2 Å². The van der Waals surface area contributed by atoms with E-state index in [-0.39, 0.29) is 36.7 Å². The largest absolute Gasteiger partial charge is 0.388 e. The van der Waals surface area contributed by atoms with Crippen LogP contribution in [-0.2, 0) is 4.79 Å². The van der Waals surface area contributed by atoms with Gasteiger partial charge in [-0.05, 0) is 30.9 Å². The molecule has 5 atom stereocenters. The van der Waals surface area contributed by atoms with Gasteiger partial charge in [-0.25, -0.2) is 9.78 Å². The SMILES string of the molecule is CCC(=O)N[C@H]1C[C@@H](n2cnc3c(NCC(c4ccccc4)c4ccccc4)nc(N4CC[C@@H](NC(=O)Nc5c(C)noc5-c5ccccc5)C4)nc32)[C@H](O)[C@@H]1O. The smallest absolute Gasteiger partial charge is 0.319 e. The molecule has 2 aliphatic rings. The van der Waals surface area contributed by atoms with E-state index in [1.165, 1.54) is 0 Å². The van der Waals surface area contributed by atoms with Crippen molar-refractivity contribution in [3.63, 3.8) is 0 Å². The molecule has 1 aliphatic carbocycles. The average Bonchev–Trinajstić information content (AvgIpc) is 4.03. The van der Waals surface area contributed by atoms with Crippen LogP contribution in [0.2, 0.25) is 0 Å². The molecule has 2 fully saturated rings. The zero-order valence-electron chi connectivity index (χ0n) is 31.7. The quantitative estimate of drug-likeness (QED) is 0.0981. The van der Waals surface area contributed by atoms with Gasteiger partial charge >= 0.3 is 6.03 Å². The van der Waals surface area contributed by atoms with Crippen LogP contribution in [0.15, 0.2) is 102 Å². The Bertz CT molecular complexity index is 2280. The van der Waals surface area contributed by atoms with E-state index in [1.807, 2.05) is 71.6 Å². The molecule has 15 heteroatoms. The van der Waals surface area contributed by atoms with Gasteiger partial charge < -0.3 is 45.5 Å². The molecule has 1 aliphatic heterocycles. The molecule has 15 nitrogen and oxygen atoms in total. The number of hydrogen-bond donors (Lipinski definition) is 6. The number of nitrogens with one attached hydrogen (secondary N) is 4. The van der Waals surface area contributed by atoms with E-state index >= 15 is 0 Å². The molecular formula is C42H46N10O5. The molecule has 0 spiro atoms. The average molecular weight is 771 g/mol. The van der Waals surface area contributed by atoms with Crippen molar-refractivity contribution >= 4 is 40.6 Å². The molecule has 0 unspecified atom stereocenters. The Hall–Kier alpha value is -6.32. The third-order valence-corrected chi connectivity index (χ3v) is 10.9. The van der Waals surface area contributed by atoms with Crippen LogP contribution in [0.4, 0.5) is 22.2 Å². The van der Waals surface area contributed by atoms with Crippen LogP contribution in [-0.4, -0.2) is 90.8 Å². The third kappa shape index (κ3) is 7.89. The second-order valence-electron chi connectivity index (χ2n) is 14.6. The minimum absolute atomic E-state index is 0.00645. The number of carbonyl (C=O) groups is 2. The maximum atomic E-state index is 13.4. The monoisotopic (exact) mass is 770 g/mol. The number of aliphatic hydroxyl groups excluding tert-OH is 2. The summed E-state index contributed by atoms with van der Waals surface area (Å²) in [6, 6.07) is 28.2. The number of hydrogen-bond acceptors (Lipinski definition) is 11. The number of aromatic nitrogens is 5. The Labute approximate surface area is 329 Å². The Balaban J connectivity index is 1.07. The summed E-state index contributed by atoms with van der Waals surface area (Å²) in [6.45, 7) is 5.03. The van der Waals surface area contributed by atoms with Crippen molar-refractivity contribution in [3.05, 3.63) is 114 Å². The van der Waals surface area contributed by atoms with E-state index in [1.54, 1.807) is 24.7 Å². The standard InChI is InChI=1S/C42H46N10O5/c1-3-33(53)46-31-21-32(37(55)36(31)54)52-24-44-35-39(43-22-30(26-13-7-4-8-14-26)27-15-9-5-10-16-27)48-41(49-40(35)52)51-20-19-29(23-51)45-42(56)47-34-25(2)50-57-38(34)28-17-11-6-12-18-28/h4-18,24,29-32,36-37,54-55H,3,19-23H2,1-2H3,(H,46,53)(H,43,48,49)(H2,45,47,56)/t29-,31+,32-,36-,37+/m1/s1. The van der Waals surface area contributed by atoms with Gasteiger partial charge in [-0.15, -0.1) is 0 Å². The Morgan fingerprint density at radius 1 is 0.912 bits per heavy atom. The third-order valence-electron chi connectivity index (χ3n) is 10.9. The van der Waals surface area contributed by atoms with E-state index in [0.717, 1.165) is 16.7 Å². The second kappa shape index (κ2) is 16.4. The van der Waals surface area contributed by atoms with Gasteiger partial charge in [0.25, 0.3) is 0 Å². The summed E-state index contributed by atoms with van der Waals surface area (Å²) in [4.78, 5) is 42.4. The van der Waals surface area contributed by atoms with Crippen LogP contribution in [0.5, 0.6) is 0 Å². The van der Waals surface area contributed by atoms with Crippen molar-refractivity contribution in [2.24, 2.45) is 0 Å². The fraction of sp³-hybridized carbons (Fsp3) is 0.333. The van der Waals surface area contributed by atoms with Crippen LogP contribution in [0.3, 0.4) is 0 Å². The Kier molecular flexibility index (Phi) is 10.8. The first kappa shape index (κ1) is 37.6. The van der Waals surface area contributed by atoms with Gasteiger partial charge in [0.1, 0.15) is 23.6 Å². The Morgan fingerprint density at radius 2 is 1.60 bits per heavy atom. The number of nitrogens with zero attached hydrogens (tertiary/aromatic N) is 6. The summed E-state index contributed by atoms with van der Waals surface area (Å²) >= 11 is 0. The molecule has 1 saturated carbocycles. The van der Waals surface area contributed by atoms with E-state index in [2.05, 4.69) is 50.7 Å². The van der Waals surface area contributed by atoms with Crippen molar-refractivity contribution in [2.45, 2.75) is 69.4 Å². The molecule has 0 bridgehead atoms. The molecule has 294 valence electrons. The van der Waals surface area contributed by atoms with Crippen molar-refractivity contribution < 1.29 is 24.3 Å². The number of urea groups is 1. The number of aryl methyl sites for hydroxylation is 1. The molecule has 57 heavy (non-hydrogen) atoms. The highest BCUT2D eigenvalue weighted by atomic mass is 16.5. The first-order valence-electron chi connectivity index (χ1n) is 19.3. The molecule has 1 saturated heterocycles. The van der Waals surface area contributed by atoms with Gasteiger partial charge in [0.05, 0.1) is 18.4 Å². The number of imidazole rings is 1. The van der Waals surface area contributed by atoms with Gasteiger partial charge in [-0.3, -0.25) is 4.79 Å². The number of aliphatic hydroxyl groups is 2. The lowest BCUT2D eigenvalue weighted by Gasteiger charge is -2.22. The highest BCUT2D eigenvalue weighted by Crippen LogP contribution is 2.36. The van der Waals surface area contributed by atoms with Crippen molar-refractivity contribution in [2.75, 3.05) is 35.2 Å². The molecule has 3 amide bonds. The highest BCUT2D eigenvalue weighted by molar-refractivity contribution is 5.94. The number of benzene rings is 3. The number of rotatable bonds is 12. The van der Waals surface area contributed by atoms with Crippen molar-refractivity contribution in [3.8, 4) is 11.3 Å². The summed E-state index contributed by atoms with van der Waals surface area (Å²) in [7, 11) is 0. The van der Waals surface area contributed by atoms with Gasteiger partial charge in [-0.1, -0.05) is 103 Å². The van der Waals surface area contributed by atoms with E-state index in [0.29, 0.717) is 66.1 Å². The molecule has 3 aromatic carbocycles. The molecule has 6 aromatic rings. The summed E-state index contributed by atoms with van der Waals surface area (Å²) in [5, 5.41) is 38.8. The van der Waals surface area contributed by atoms with Crippen LogP contribution >= 0.6 is 0 Å². The van der Waals surface area contributed by atoms with E-state index < -0.39 is 24.3 Å². The summed E-state index contributed by atoms with van der Waals surface area (Å²) < 4.78 is 7.33. The number of anilines is 3.